The van der Waals surface area contributed by atoms with Crippen LogP contribution in [0, 0.1) is 0 Å². The van der Waals surface area contributed by atoms with Gasteiger partial charge < -0.3 is 15.2 Å². The topological polar surface area (TPSA) is 48.1 Å². The second-order valence-corrected chi connectivity index (χ2v) is 5.40. The summed E-state index contributed by atoms with van der Waals surface area (Å²) in [4.78, 5) is 17.1. The maximum Gasteiger partial charge on any atom is 0.270 e. The predicted molar refractivity (Wildman–Crippen MR) is 71.1 cm³/mol. The van der Waals surface area contributed by atoms with Crippen molar-refractivity contribution in [2.24, 2.45) is 0 Å². The number of carbonyl (C=O) groups excluding carboxylic acids is 1. The molecule has 1 fully saturated rings. The Hall–Kier alpha value is -0.810. The Morgan fingerprint density at radius 3 is 3.00 bits per heavy atom. The Labute approximate surface area is 110 Å². The first kappa shape index (κ1) is 12.6. The van der Waals surface area contributed by atoms with Gasteiger partial charge in [0.2, 0.25) is 0 Å². The van der Waals surface area contributed by atoms with Crippen molar-refractivity contribution in [2.45, 2.75) is 25.3 Å². The summed E-state index contributed by atoms with van der Waals surface area (Å²) in [6.45, 7) is 2.06. The van der Waals surface area contributed by atoms with Crippen LogP contribution in [0.15, 0.2) is 16.7 Å². The van der Waals surface area contributed by atoms with Gasteiger partial charge in [0.1, 0.15) is 5.69 Å². The molecule has 1 atom stereocenters. The third-order valence-electron chi connectivity index (χ3n) is 3.29. The van der Waals surface area contributed by atoms with E-state index in [9.17, 15) is 4.79 Å². The highest BCUT2D eigenvalue weighted by Gasteiger charge is 2.22. The number of amides is 1. The predicted octanol–water partition coefficient (Wildman–Crippen LogP) is 1.99. The van der Waals surface area contributed by atoms with Crippen LogP contribution in [0.1, 0.15) is 29.8 Å². The molecular formula is C12H18BrN3O. The standard InChI is InChI=1S/C12H18BrN3O/c1-16(10-3-2-5-14-6-4-10)12(17)11-7-9(13)8-15-11/h7-8,10,14-15H,2-6H2,1H3. The first-order valence-corrected chi connectivity index (χ1v) is 6.79. The van der Waals surface area contributed by atoms with Gasteiger partial charge in [0.15, 0.2) is 0 Å². The lowest BCUT2D eigenvalue weighted by Crippen LogP contribution is -2.37. The molecule has 1 unspecified atom stereocenters. The van der Waals surface area contributed by atoms with Crippen molar-refractivity contribution in [1.82, 2.24) is 15.2 Å². The van der Waals surface area contributed by atoms with E-state index in [4.69, 9.17) is 0 Å². The van der Waals surface area contributed by atoms with Gasteiger partial charge in [-0.2, -0.15) is 0 Å². The van der Waals surface area contributed by atoms with Crippen molar-refractivity contribution in [3.05, 3.63) is 22.4 Å². The molecule has 94 valence electrons. The van der Waals surface area contributed by atoms with E-state index in [0.29, 0.717) is 11.7 Å². The maximum absolute atomic E-state index is 12.2. The summed E-state index contributed by atoms with van der Waals surface area (Å²) in [7, 11) is 1.90. The molecule has 2 heterocycles. The Morgan fingerprint density at radius 2 is 2.29 bits per heavy atom. The average molecular weight is 300 g/mol. The molecule has 1 aromatic rings. The molecule has 1 aliphatic rings. The summed E-state index contributed by atoms with van der Waals surface area (Å²) < 4.78 is 0.914. The van der Waals surface area contributed by atoms with E-state index in [2.05, 4.69) is 26.2 Å². The van der Waals surface area contributed by atoms with E-state index >= 15 is 0 Å². The van der Waals surface area contributed by atoms with Crippen molar-refractivity contribution in [3.63, 3.8) is 0 Å². The molecule has 5 heteroatoms. The van der Waals surface area contributed by atoms with Crippen LogP contribution in [0.4, 0.5) is 0 Å². The van der Waals surface area contributed by atoms with Crippen molar-refractivity contribution < 1.29 is 4.79 Å². The van der Waals surface area contributed by atoms with Gasteiger partial charge in [-0.15, -0.1) is 0 Å². The largest absolute Gasteiger partial charge is 0.356 e. The number of nitrogens with zero attached hydrogens (tertiary/aromatic N) is 1. The summed E-state index contributed by atoms with van der Waals surface area (Å²) >= 11 is 3.35. The Morgan fingerprint density at radius 1 is 1.47 bits per heavy atom. The number of nitrogens with one attached hydrogen (secondary N) is 2. The zero-order chi connectivity index (χ0) is 12.3. The van der Waals surface area contributed by atoms with Gasteiger partial charge in [0.05, 0.1) is 0 Å². The molecule has 0 spiro atoms. The minimum absolute atomic E-state index is 0.0719. The first-order valence-electron chi connectivity index (χ1n) is 6.00. The number of aromatic nitrogens is 1. The minimum atomic E-state index is 0.0719. The van der Waals surface area contributed by atoms with E-state index in [1.807, 2.05) is 18.0 Å². The lowest BCUT2D eigenvalue weighted by molar-refractivity contribution is 0.0715. The molecule has 0 saturated carbocycles. The molecule has 1 saturated heterocycles. The molecule has 2 rings (SSSR count). The van der Waals surface area contributed by atoms with E-state index in [1.54, 1.807) is 6.20 Å². The van der Waals surface area contributed by atoms with Crippen LogP contribution in [0.2, 0.25) is 0 Å². The number of hydrogen-bond donors (Lipinski definition) is 2. The monoisotopic (exact) mass is 299 g/mol. The van der Waals surface area contributed by atoms with Crippen LogP contribution in [0.5, 0.6) is 0 Å². The van der Waals surface area contributed by atoms with Gasteiger partial charge in [-0.05, 0) is 54.3 Å². The number of hydrogen-bond acceptors (Lipinski definition) is 2. The molecule has 1 aromatic heterocycles. The van der Waals surface area contributed by atoms with Crippen LogP contribution in [-0.4, -0.2) is 42.0 Å². The highest BCUT2D eigenvalue weighted by Crippen LogP contribution is 2.17. The molecular weight excluding hydrogens is 282 g/mol. The summed E-state index contributed by atoms with van der Waals surface area (Å²) in [5, 5.41) is 3.36. The first-order chi connectivity index (χ1) is 8.18. The quantitative estimate of drug-likeness (QED) is 0.877. The molecule has 1 amide bonds. The Bertz CT molecular complexity index is 383. The van der Waals surface area contributed by atoms with Crippen molar-refractivity contribution in [3.8, 4) is 0 Å². The van der Waals surface area contributed by atoms with Gasteiger partial charge in [-0.1, -0.05) is 0 Å². The molecule has 0 aliphatic carbocycles. The molecule has 17 heavy (non-hydrogen) atoms. The van der Waals surface area contributed by atoms with Crippen LogP contribution in [-0.2, 0) is 0 Å². The van der Waals surface area contributed by atoms with Gasteiger partial charge >= 0.3 is 0 Å². The van der Waals surface area contributed by atoms with Gasteiger partial charge in [0.25, 0.3) is 5.91 Å². The molecule has 0 bridgehead atoms. The lowest BCUT2D eigenvalue weighted by atomic mass is 10.1. The van der Waals surface area contributed by atoms with E-state index < -0.39 is 0 Å². The lowest BCUT2D eigenvalue weighted by Gasteiger charge is -2.26. The van der Waals surface area contributed by atoms with Crippen molar-refractivity contribution in [2.75, 3.05) is 20.1 Å². The second kappa shape index (κ2) is 5.69. The SMILES string of the molecule is CN(C(=O)c1cc(Br)c[nH]1)C1CCCNCC1. The Balaban J connectivity index is 2.03. The van der Waals surface area contributed by atoms with Crippen molar-refractivity contribution in [1.29, 1.82) is 0 Å². The number of H-pyrrole nitrogens is 1. The van der Waals surface area contributed by atoms with Gasteiger partial charge in [-0.25, -0.2) is 0 Å². The summed E-state index contributed by atoms with van der Waals surface area (Å²) in [5.74, 6) is 0.0719. The number of rotatable bonds is 2. The summed E-state index contributed by atoms with van der Waals surface area (Å²) in [6, 6.07) is 2.17. The highest BCUT2D eigenvalue weighted by atomic mass is 79.9. The number of halogens is 1. The van der Waals surface area contributed by atoms with E-state index in [1.165, 1.54) is 0 Å². The third-order valence-corrected chi connectivity index (χ3v) is 3.75. The normalized spacial score (nSPS) is 20.9. The molecule has 2 N–H and O–H groups in total. The number of aromatic amines is 1. The minimum Gasteiger partial charge on any atom is -0.356 e. The summed E-state index contributed by atoms with van der Waals surface area (Å²) in [5.41, 5.74) is 0.650. The molecule has 1 aliphatic heterocycles. The van der Waals surface area contributed by atoms with Gasteiger partial charge in [0, 0.05) is 23.8 Å². The Kier molecular flexibility index (Phi) is 4.23. The molecule has 0 radical (unpaired) electrons. The molecule has 0 aromatic carbocycles. The van der Waals surface area contributed by atoms with E-state index in [-0.39, 0.29) is 5.91 Å². The van der Waals surface area contributed by atoms with Gasteiger partial charge in [-0.3, -0.25) is 4.79 Å². The fraction of sp³-hybridized carbons (Fsp3) is 0.583. The number of carbonyl (C=O) groups is 1. The highest BCUT2D eigenvalue weighted by molar-refractivity contribution is 9.10. The van der Waals surface area contributed by atoms with Crippen LogP contribution >= 0.6 is 15.9 Å². The second-order valence-electron chi connectivity index (χ2n) is 4.48. The maximum atomic E-state index is 12.2. The van der Waals surface area contributed by atoms with Crippen LogP contribution in [0.25, 0.3) is 0 Å². The smallest absolute Gasteiger partial charge is 0.270 e. The van der Waals surface area contributed by atoms with E-state index in [0.717, 1.165) is 36.8 Å². The zero-order valence-corrected chi connectivity index (χ0v) is 11.6. The fourth-order valence-corrected chi connectivity index (χ4v) is 2.58. The van der Waals surface area contributed by atoms with Crippen molar-refractivity contribution >= 4 is 21.8 Å². The third kappa shape index (κ3) is 3.10. The summed E-state index contributed by atoms with van der Waals surface area (Å²) in [6.07, 6.45) is 5.04. The van der Waals surface area contributed by atoms with Crippen LogP contribution in [0.3, 0.4) is 0 Å². The van der Waals surface area contributed by atoms with Crippen LogP contribution < -0.4 is 5.32 Å². The fourth-order valence-electron chi connectivity index (χ4n) is 2.24. The average Bonchev–Trinajstić information content (AvgIpc) is 2.60. The molecule has 4 nitrogen and oxygen atoms in total. The zero-order valence-electron chi connectivity index (χ0n) is 10.0.